The number of rotatable bonds is 17. The summed E-state index contributed by atoms with van der Waals surface area (Å²) < 4.78 is 18.5. The molecule has 1 fully saturated rings. The lowest BCUT2D eigenvalue weighted by Gasteiger charge is -2.37. The average molecular weight is 473 g/mol. The Bertz CT molecular complexity index is 487. The lowest BCUT2D eigenvalue weighted by atomic mass is 10.0. The highest BCUT2D eigenvalue weighted by molar-refractivity contribution is 6.74. The molecule has 192 valence electrons. The van der Waals surface area contributed by atoms with Crippen LogP contribution in [0, 0.1) is 0 Å². The van der Waals surface area contributed by atoms with Gasteiger partial charge in [-0.15, -0.1) is 0 Å². The molecule has 1 heterocycles. The summed E-state index contributed by atoms with van der Waals surface area (Å²) in [7, 11) is -1.89. The van der Waals surface area contributed by atoms with E-state index in [1.807, 2.05) is 13.8 Å². The van der Waals surface area contributed by atoms with Crippen LogP contribution in [0.4, 0.5) is 0 Å². The van der Waals surface area contributed by atoms with Crippen molar-refractivity contribution in [3.63, 3.8) is 0 Å². The molecule has 0 amide bonds. The van der Waals surface area contributed by atoms with Gasteiger partial charge in [-0.25, -0.2) is 0 Å². The van der Waals surface area contributed by atoms with Crippen molar-refractivity contribution in [3.05, 3.63) is 0 Å². The van der Waals surface area contributed by atoms with Crippen LogP contribution in [0.2, 0.25) is 18.1 Å². The van der Waals surface area contributed by atoms with Crippen LogP contribution in [-0.2, 0) is 13.9 Å². The first-order valence-corrected chi connectivity index (χ1v) is 16.5. The van der Waals surface area contributed by atoms with E-state index in [1.165, 1.54) is 70.6 Å². The van der Waals surface area contributed by atoms with Crippen LogP contribution in [0.1, 0.15) is 125 Å². The molecule has 0 aromatic carbocycles. The fraction of sp³-hybridized carbons (Fsp3) is 1.00. The zero-order valence-electron chi connectivity index (χ0n) is 22.8. The molecule has 0 spiro atoms. The first-order chi connectivity index (χ1) is 14.9. The quantitative estimate of drug-likeness (QED) is 0.172. The number of ether oxygens (including phenoxy) is 2. The Morgan fingerprint density at radius 3 is 1.78 bits per heavy atom. The van der Waals surface area contributed by atoms with Gasteiger partial charge >= 0.3 is 0 Å². The Morgan fingerprint density at radius 1 is 0.844 bits per heavy atom. The highest BCUT2D eigenvalue weighted by Gasteiger charge is 2.45. The summed E-state index contributed by atoms with van der Waals surface area (Å²) in [6, 6.07) is 0. The van der Waals surface area contributed by atoms with Crippen molar-refractivity contribution < 1.29 is 19.0 Å². The molecule has 0 bridgehead atoms. The molecule has 1 N–H and O–H groups in total. The number of hydrogen-bond acceptors (Lipinski definition) is 4. The fourth-order valence-corrected chi connectivity index (χ4v) is 5.22. The van der Waals surface area contributed by atoms with E-state index in [-0.39, 0.29) is 17.2 Å². The van der Waals surface area contributed by atoms with Crippen molar-refractivity contribution in [2.45, 2.75) is 167 Å². The molecule has 1 saturated heterocycles. The smallest absolute Gasteiger partial charge is 0.192 e. The maximum atomic E-state index is 10.9. The third-order valence-corrected chi connectivity index (χ3v) is 11.9. The van der Waals surface area contributed by atoms with E-state index in [2.05, 4.69) is 40.8 Å². The van der Waals surface area contributed by atoms with E-state index in [0.29, 0.717) is 6.61 Å². The molecule has 0 radical (unpaired) electrons. The lowest BCUT2D eigenvalue weighted by Crippen LogP contribution is -2.46. The maximum Gasteiger partial charge on any atom is 0.192 e. The van der Waals surface area contributed by atoms with E-state index in [1.54, 1.807) is 0 Å². The standard InChI is InChI=1S/C27H56O4Si/c1-9-10-11-12-13-14-15-16-17-18-19-20-21-24-25(31-27(5,6)30-24)23(28)22-29-32(7,8)26(2,3)4/h23-25,28H,9-22H2,1-8H3/t23-,24-,25+/m1/s1. The molecule has 0 aromatic rings. The zero-order valence-corrected chi connectivity index (χ0v) is 23.8. The minimum Gasteiger partial charge on any atom is -0.414 e. The van der Waals surface area contributed by atoms with Crippen LogP contribution < -0.4 is 0 Å². The van der Waals surface area contributed by atoms with Crippen LogP contribution in [0.3, 0.4) is 0 Å². The predicted molar refractivity (Wildman–Crippen MR) is 139 cm³/mol. The van der Waals surface area contributed by atoms with Gasteiger partial charge in [0.05, 0.1) is 12.7 Å². The minimum absolute atomic E-state index is 0.0499. The third kappa shape index (κ3) is 11.5. The van der Waals surface area contributed by atoms with Crippen LogP contribution in [0.25, 0.3) is 0 Å². The molecular formula is C27H56O4Si. The molecule has 4 nitrogen and oxygen atoms in total. The lowest BCUT2D eigenvalue weighted by molar-refractivity contribution is -0.157. The van der Waals surface area contributed by atoms with Crippen LogP contribution in [-0.4, -0.2) is 44.1 Å². The molecule has 0 unspecified atom stereocenters. The molecule has 32 heavy (non-hydrogen) atoms. The monoisotopic (exact) mass is 472 g/mol. The number of aliphatic hydroxyl groups excluding tert-OH is 1. The van der Waals surface area contributed by atoms with Gasteiger partial charge < -0.3 is 19.0 Å². The predicted octanol–water partition coefficient (Wildman–Crippen LogP) is 7.98. The van der Waals surface area contributed by atoms with Crippen molar-refractivity contribution in [2.24, 2.45) is 0 Å². The molecule has 0 saturated carbocycles. The highest BCUT2D eigenvalue weighted by atomic mass is 28.4. The van der Waals surface area contributed by atoms with Gasteiger partial charge in [0, 0.05) is 0 Å². The van der Waals surface area contributed by atoms with E-state index in [4.69, 9.17) is 13.9 Å². The van der Waals surface area contributed by atoms with Gasteiger partial charge in [-0.3, -0.25) is 0 Å². The molecular weight excluding hydrogens is 416 g/mol. The zero-order chi connectivity index (χ0) is 24.3. The molecule has 1 rings (SSSR count). The summed E-state index contributed by atoms with van der Waals surface area (Å²) in [5, 5.41) is 11.0. The van der Waals surface area contributed by atoms with Gasteiger partial charge in [0.2, 0.25) is 0 Å². The van der Waals surface area contributed by atoms with Crippen molar-refractivity contribution >= 4 is 8.32 Å². The van der Waals surface area contributed by atoms with Crippen LogP contribution in [0.5, 0.6) is 0 Å². The van der Waals surface area contributed by atoms with Crippen molar-refractivity contribution in [1.29, 1.82) is 0 Å². The largest absolute Gasteiger partial charge is 0.414 e. The Balaban J connectivity index is 2.26. The van der Waals surface area contributed by atoms with Crippen LogP contribution in [0.15, 0.2) is 0 Å². The van der Waals surface area contributed by atoms with Gasteiger partial charge in [0.15, 0.2) is 14.1 Å². The number of aliphatic hydroxyl groups is 1. The number of hydrogen-bond donors (Lipinski definition) is 1. The molecule has 1 aliphatic heterocycles. The SMILES string of the molecule is CCCCCCCCCCCCCC[C@H]1OC(C)(C)O[C@H]1[C@H](O)CO[Si](C)(C)C(C)(C)C. The van der Waals surface area contributed by atoms with E-state index in [9.17, 15) is 5.11 Å². The second-order valence-corrected chi connectivity index (χ2v) is 16.8. The summed E-state index contributed by atoms with van der Waals surface area (Å²) in [6.07, 6.45) is 16.1. The van der Waals surface area contributed by atoms with Gasteiger partial charge in [-0.1, -0.05) is 105 Å². The highest BCUT2D eigenvalue weighted by Crippen LogP contribution is 2.38. The average Bonchev–Trinajstić information content (AvgIpc) is 3.00. The third-order valence-electron chi connectivity index (χ3n) is 7.36. The van der Waals surface area contributed by atoms with Crippen molar-refractivity contribution in [1.82, 2.24) is 0 Å². The Labute approximate surface area is 201 Å². The molecule has 0 aliphatic carbocycles. The van der Waals surface area contributed by atoms with E-state index < -0.39 is 20.2 Å². The fourth-order valence-electron chi connectivity index (χ4n) is 4.20. The Hall–Kier alpha value is 0.0569. The van der Waals surface area contributed by atoms with Crippen LogP contribution >= 0.6 is 0 Å². The minimum atomic E-state index is -1.89. The number of unbranched alkanes of at least 4 members (excludes halogenated alkanes) is 11. The second kappa shape index (κ2) is 14.5. The topological polar surface area (TPSA) is 47.9 Å². The van der Waals surface area contributed by atoms with Crippen molar-refractivity contribution in [3.8, 4) is 0 Å². The summed E-state index contributed by atoms with van der Waals surface area (Å²) in [5.74, 6) is -0.635. The summed E-state index contributed by atoms with van der Waals surface area (Å²) in [4.78, 5) is 0. The molecule has 5 heteroatoms. The Morgan fingerprint density at radius 2 is 1.31 bits per heavy atom. The second-order valence-electron chi connectivity index (χ2n) is 12.0. The van der Waals surface area contributed by atoms with Gasteiger partial charge in [0.1, 0.15) is 12.2 Å². The molecule has 3 atom stereocenters. The van der Waals surface area contributed by atoms with Gasteiger partial charge in [0.25, 0.3) is 0 Å². The first kappa shape index (κ1) is 30.1. The van der Waals surface area contributed by atoms with Gasteiger partial charge in [-0.05, 0) is 38.4 Å². The maximum absolute atomic E-state index is 10.9. The molecule has 1 aliphatic rings. The molecule has 0 aromatic heterocycles. The summed E-state index contributed by atoms with van der Waals surface area (Å²) >= 11 is 0. The summed E-state index contributed by atoms with van der Waals surface area (Å²) in [6.45, 7) is 17.6. The van der Waals surface area contributed by atoms with E-state index in [0.717, 1.165) is 12.8 Å². The Kier molecular flexibility index (Phi) is 13.6. The normalized spacial score (nSPS) is 22.4. The van der Waals surface area contributed by atoms with Gasteiger partial charge in [-0.2, -0.15) is 0 Å². The summed E-state index contributed by atoms with van der Waals surface area (Å²) in [5.41, 5.74) is 0. The van der Waals surface area contributed by atoms with Crippen molar-refractivity contribution in [2.75, 3.05) is 6.61 Å². The first-order valence-electron chi connectivity index (χ1n) is 13.6. The van der Waals surface area contributed by atoms with E-state index >= 15 is 0 Å².